The zero-order valence-corrected chi connectivity index (χ0v) is 24.5. The van der Waals surface area contributed by atoms with Crippen LogP contribution >= 0.6 is 15.9 Å². The molecule has 3 aromatic rings. The molecule has 8 nitrogen and oxygen atoms in total. The molecule has 0 aromatic heterocycles. The predicted molar refractivity (Wildman–Crippen MR) is 155 cm³/mol. The number of hydrogen-bond acceptors (Lipinski definition) is 7. The lowest BCUT2D eigenvalue weighted by molar-refractivity contribution is -0.165. The van der Waals surface area contributed by atoms with E-state index in [0.717, 1.165) is 40.9 Å². The van der Waals surface area contributed by atoms with E-state index < -0.39 is 17.6 Å². The van der Waals surface area contributed by atoms with Gasteiger partial charge < -0.3 is 23.8 Å². The molecular weight excluding hydrogens is 588 g/mol. The number of β-lactam (4-membered cyclic amide) rings is 1. The van der Waals surface area contributed by atoms with Crippen molar-refractivity contribution >= 4 is 33.5 Å². The van der Waals surface area contributed by atoms with E-state index in [9.17, 15) is 9.59 Å². The Labute approximate surface area is 247 Å². The van der Waals surface area contributed by atoms with Crippen LogP contribution in [-0.2, 0) is 14.3 Å². The number of carbonyl (C=O) groups excluding carboxylic acids is 2. The highest BCUT2D eigenvalue weighted by atomic mass is 79.9. The summed E-state index contributed by atoms with van der Waals surface area (Å²) in [6, 6.07) is 22.2. The highest BCUT2D eigenvalue weighted by molar-refractivity contribution is 9.10. The minimum absolute atomic E-state index is 0.0355. The minimum Gasteiger partial charge on any atom is -0.497 e. The largest absolute Gasteiger partial charge is 0.497 e. The van der Waals surface area contributed by atoms with E-state index >= 15 is 0 Å². The van der Waals surface area contributed by atoms with E-state index in [2.05, 4.69) is 26.9 Å². The normalized spacial score (nSPS) is 30.0. The highest BCUT2D eigenvalue weighted by Crippen LogP contribution is 2.64. The molecule has 6 atom stereocenters. The summed E-state index contributed by atoms with van der Waals surface area (Å²) in [5, 5.41) is 0. The molecule has 0 aliphatic carbocycles. The van der Waals surface area contributed by atoms with E-state index in [-0.39, 0.29) is 36.5 Å². The molecule has 212 valence electrons. The van der Waals surface area contributed by atoms with Crippen LogP contribution in [0.3, 0.4) is 0 Å². The van der Waals surface area contributed by atoms with Crippen LogP contribution in [0.4, 0.5) is 5.69 Å². The Bertz CT molecular complexity index is 1480. The average Bonchev–Trinajstić information content (AvgIpc) is 3.58. The van der Waals surface area contributed by atoms with Gasteiger partial charge in [0.2, 0.25) is 0 Å². The second kappa shape index (κ2) is 10.1. The van der Waals surface area contributed by atoms with Gasteiger partial charge in [0.05, 0.1) is 26.3 Å². The number of methoxy groups -OCH3 is 2. The Morgan fingerprint density at radius 1 is 1.02 bits per heavy atom. The van der Waals surface area contributed by atoms with Crippen LogP contribution in [0, 0.1) is 11.3 Å². The number of anilines is 1. The lowest BCUT2D eigenvalue weighted by Gasteiger charge is -2.54. The number of carbonyl (C=O) groups is 2. The van der Waals surface area contributed by atoms with Crippen molar-refractivity contribution in [2.24, 2.45) is 11.3 Å². The number of para-hydroxylation sites is 1. The Kier molecular flexibility index (Phi) is 6.47. The molecule has 41 heavy (non-hydrogen) atoms. The first-order chi connectivity index (χ1) is 20.0. The number of amides is 1. The standard InChI is InChI=1S/C32H31BrN2O6/c1-38-21-13-11-20(12-14-21)35-27(28(30(35)36)41-22-7-4-3-5-8-22)26-24-9-6-16-34(24)29-23-17-19(33)10-15-25(23)40-18-32(26,29)31(37)39-2/h3-5,7-8,10-15,17,24,26-29H,6,9,16,18H2,1-2H3/t24?,26-,27-,28-,29-,32+/m0/s1. The van der Waals surface area contributed by atoms with Crippen LogP contribution < -0.4 is 19.1 Å². The first-order valence-corrected chi connectivity index (χ1v) is 14.7. The molecule has 9 heteroatoms. The molecule has 4 heterocycles. The van der Waals surface area contributed by atoms with Gasteiger partial charge in [0.1, 0.15) is 29.3 Å². The smallest absolute Gasteiger partial charge is 0.317 e. The summed E-state index contributed by atoms with van der Waals surface area (Å²) in [4.78, 5) is 32.3. The van der Waals surface area contributed by atoms with E-state index in [1.807, 2.05) is 66.7 Å². The van der Waals surface area contributed by atoms with Crippen LogP contribution in [0.1, 0.15) is 24.4 Å². The molecule has 3 aromatic carbocycles. The molecule has 1 unspecified atom stereocenters. The van der Waals surface area contributed by atoms with Crippen molar-refractivity contribution in [3.8, 4) is 17.2 Å². The lowest BCUT2D eigenvalue weighted by Crippen LogP contribution is -2.73. The summed E-state index contributed by atoms with van der Waals surface area (Å²) in [6.45, 7) is 1.01. The van der Waals surface area contributed by atoms with Gasteiger partial charge in [-0.3, -0.25) is 14.5 Å². The summed E-state index contributed by atoms with van der Waals surface area (Å²) in [5.74, 6) is 1.33. The number of esters is 1. The van der Waals surface area contributed by atoms with Gasteiger partial charge in [-0.1, -0.05) is 34.1 Å². The molecule has 4 aliphatic heterocycles. The third kappa shape index (κ3) is 3.89. The quantitative estimate of drug-likeness (QED) is 0.284. The second-order valence-corrected chi connectivity index (χ2v) is 12.0. The fourth-order valence-electron chi connectivity index (χ4n) is 7.70. The summed E-state index contributed by atoms with van der Waals surface area (Å²) in [7, 11) is 3.05. The van der Waals surface area contributed by atoms with E-state index in [0.29, 0.717) is 11.5 Å². The van der Waals surface area contributed by atoms with Crippen LogP contribution in [0.5, 0.6) is 17.2 Å². The van der Waals surface area contributed by atoms with Gasteiger partial charge in [0, 0.05) is 27.7 Å². The van der Waals surface area contributed by atoms with Gasteiger partial charge in [-0.25, -0.2) is 0 Å². The van der Waals surface area contributed by atoms with Crippen molar-refractivity contribution < 1.29 is 28.5 Å². The summed E-state index contributed by atoms with van der Waals surface area (Å²) in [5.41, 5.74) is 0.663. The molecule has 0 spiro atoms. The minimum atomic E-state index is -1.04. The van der Waals surface area contributed by atoms with Gasteiger partial charge >= 0.3 is 5.97 Å². The summed E-state index contributed by atoms with van der Waals surface area (Å²) < 4.78 is 24.7. The predicted octanol–water partition coefficient (Wildman–Crippen LogP) is 5.01. The van der Waals surface area contributed by atoms with Gasteiger partial charge in [-0.15, -0.1) is 0 Å². The number of rotatable bonds is 6. The molecule has 0 bridgehead atoms. The molecule has 3 fully saturated rings. The van der Waals surface area contributed by atoms with E-state index in [1.165, 1.54) is 7.11 Å². The Morgan fingerprint density at radius 2 is 1.80 bits per heavy atom. The maximum Gasteiger partial charge on any atom is 0.317 e. The third-order valence-corrected chi connectivity index (χ3v) is 9.78. The lowest BCUT2D eigenvalue weighted by atomic mass is 9.62. The maximum absolute atomic E-state index is 14.1. The van der Waals surface area contributed by atoms with Crippen molar-refractivity contribution in [3.63, 3.8) is 0 Å². The SMILES string of the molecule is COC(=O)[C@@]12COc3ccc(Br)cc3[C@@H]1N1CCCC1[C@H]2[C@H]1[C@H](Oc2ccccc2)C(=O)N1c1ccc(OC)cc1. The van der Waals surface area contributed by atoms with Crippen molar-refractivity contribution in [2.75, 3.05) is 32.3 Å². The van der Waals surface area contributed by atoms with Crippen molar-refractivity contribution in [2.45, 2.75) is 37.1 Å². The highest BCUT2D eigenvalue weighted by Gasteiger charge is 2.73. The first-order valence-electron chi connectivity index (χ1n) is 13.9. The molecule has 1 amide bonds. The molecular formula is C32H31BrN2O6. The first kappa shape index (κ1) is 26.3. The number of benzene rings is 3. The molecule has 0 N–H and O–H groups in total. The zero-order valence-electron chi connectivity index (χ0n) is 22.9. The Hall–Kier alpha value is -3.56. The van der Waals surface area contributed by atoms with Crippen LogP contribution in [0.2, 0.25) is 0 Å². The maximum atomic E-state index is 14.1. The van der Waals surface area contributed by atoms with Crippen molar-refractivity contribution in [1.82, 2.24) is 4.90 Å². The van der Waals surface area contributed by atoms with Gasteiger partial charge in [-0.05, 0) is 74.0 Å². The molecule has 4 aliphatic rings. The van der Waals surface area contributed by atoms with Crippen LogP contribution in [0.15, 0.2) is 77.3 Å². The summed E-state index contributed by atoms with van der Waals surface area (Å²) >= 11 is 3.63. The number of halogens is 1. The number of hydrogen-bond donors (Lipinski definition) is 0. The van der Waals surface area contributed by atoms with Gasteiger partial charge in [0.15, 0.2) is 6.10 Å². The third-order valence-electron chi connectivity index (χ3n) is 9.28. The zero-order chi connectivity index (χ0) is 28.3. The average molecular weight is 620 g/mol. The van der Waals surface area contributed by atoms with Crippen molar-refractivity contribution in [3.05, 3.63) is 82.8 Å². The van der Waals surface area contributed by atoms with E-state index in [1.54, 1.807) is 12.0 Å². The number of fused-ring (bicyclic) bond motifs is 5. The number of nitrogens with zero attached hydrogens (tertiary/aromatic N) is 2. The monoisotopic (exact) mass is 618 g/mol. The second-order valence-electron chi connectivity index (χ2n) is 11.1. The Balaban J connectivity index is 1.39. The Morgan fingerprint density at radius 3 is 2.54 bits per heavy atom. The molecule has 0 saturated carbocycles. The molecule has 7 rings (SSSR count). The molecule has 0 radical (unpaired) electrons. The fraction of sp³-hybridized carbons (Fsp3) is 0.375. The fourth-order valence-corrected chi connectivity index (χ4v) is 8.08. The summed E-state index contributed by atoms with van der Waals surface area (Å²) in [6.07, 6.45) is 1.14. The van der Waals surface area contributed by atoms with E-state index in [4.69, 9.17) is 18.9 Å². The number of ether oxygens (including phenoxy) is 4. The van der Waals surface area contributed by atoms with Crippen LogP contribution in [0.25, 0.3) is 0 Å². The van der Waals surface area contributed by atoms with Gasteiger partial charge in [0.25, 0.3) is 5.91 Å². The van der Waals surface area contributed by atoms with Gasteiger partial charge in [-0.2, -0.15) is 0 Å². The van der Waals surface area contributed by atoms with Crippen LogP contribution in [-0.4, -0.2) is 62.3 Å². The topological polar surface area (TPSA) is 77.5 Å². The molecule has 3 saturated heterocycles. The van der Waals surface area contributed by atoms with Crippen molar-refractivity contribution in [1.29, 1.82) is 0 Å².